The van der Waals surface area contributed by atoms with E-state index in [9.17, 15) is 10.1 Å². The number of nitrogens with zero attached hydrogens (tertiary/aromatic N) is 2. The van der Waals surface area contributed by atoms with E-state index in [-0.39, 0.29) is 5.69 Å². The largest absolute Gasteiger partial charge is 0.397 e. The van der Waals surface area contributed by atoms with E-state index in [1.165, 1.54) is 12.1 Å². The molecule has 0 aliphatic rings. The van der Waals surface area contributed by atoms with Crippen molar-refractivity contribution in [2.45, 2.75) is 32.7 Å². The minimum atomic E-state index is -0.443. The Morgan fingerprint density at radius 2 is 2.10 bits per heavy atom. The summed E-state index contributed by atoms with van der Waals surface area (Å²) in [5.41, 5.74) is 6.98. The predicted octanol–water partition coefficient (Wildman–Crippen LogP) is 2.71. The molecule has 0 atom stereocenters. The van der Waals surface area contributed by atoms with Gasteiger partial charge >= 0.3 is 0 Å². The lowest BCUT2D eigenvalue weighted by atomic mass is 10.2. The van der Waals surface area contributed by atoms with E-state index in [1.807, 2.05) is 0 Å². The van der Waals surface area contributed by atoms with Crippen LogP contribution in [0.2, 0.25) is 0 Å². The second kappa shape index (κ2) is 7.69. The van der Waals surface area contributed by atoms with Crippen molar-refractivity contribution in [2.75, 3.05) is 31.2 Å². The Labute approximate surface area is 120 Å². The molecule has 0 amide bonds. The highest BCUT2D eigenvalue weighted by atomic mass is 16.6. The van der Waals surface area contributed by atoms with Gasteiger partial charge in [-0.1, -0.05) is 0 Å². The Morgan fingerprint density at radius 3 is 2.65 bits per heavy atom. The molecule has 1 aromatic rings. The van der Waals surface area contributed by atoms with Crippen LogP contribution in [-0.2, 0) is 0 Å². The summed E-state index contributed by atoms with van der Waals surface area (Å²) in [6.45, 7) is 6.23. The highest BCUT2D eigenvalue weighted by Gasteiger charge is 2.08. The van der Waals surface area contributed by atoms with Gasteiger partial charge in [-0.3, -0.25) is 10.1 Å². The third-order valence-corrected chi connectivity index (χ3v) is 3.38. The molecule has 0 saturated carbocycles. The molecule has 6 nitrogen and oxygen atoms in total. The fourth-order valence-electron chi connectivity index (χ4n) is 1.79. The number of rotatable bonds is 8. The van der Waals surface area contributed by atoms with Gasteiger partial charge in [-0.15, -0.1) is 0 Å². The van der Waals surface area contributed by atoms with E-state index in [2.05, 4.69) is 31.1 Å². The molecule has 0 aliphatic heterocycles. The number of non-ortho nitro benzene ring substituents is 1. The minimum Gasteiger partial charge on any atom is -0.397 e. The zero-order chi connectivity index (χ0) is 15.1. The van der Waals surface area contributed by atoms with Crippen LogP contribution in [0.15, 0.2) is 18.2 Å². The van der Waals surface area contributed by atoms with Crippen LogP contribution >= 0.6 is 0 Å². The molecule has 112 valence electrons. The molecule has 0 spiro atoms. The molecule has 6 heteroatoms. The number of nitrogen functional groups attached to an aromatic ring is 1. The molecule has 3 N–H and O–H groups in total. The number of anilines is 2. The zero-order valence-corrected chi connectivity index (χ0v) is 12.4. The molecule has 0 bridgehead atoms. The summed E-state index contributed by atoms with van der Waals surface area (Å²) < 4.78 is 0. The van der Waals surface area contributed by atoms with Crippen molar-refractivity contribution in [1.29, 1.82) is 0 Å². The van der Waals surface area contributed by atoms with Crippen LogP contribution in [0.1, 0.15) is 26.7 Å². The standard InChI is InChI=1S/C14H24N4O2/c1-11(2)17(3)9-5-4-8-16-14-7-6-12(18(19)20)10-13(14)15/h6-7,10-11,16H,4-5,8-9,15H2,1-3H3. The van der Waals surface area contributed by atoms with Crippen LogP contribution in [-0.4, -0.2) is 36.0 Å². The van der Waals surface area contributed by atoms with Gasteiger partial charge in [-0.05, 0) is 46.3 Å². The quantitative estimate of drug-likeness (QED) is 0.331. The number of hydrogen-bond acceptors (Lipinski definition) is 5. The van der Waals surface area contributed by atoms with E-state index in [4.69, 9.17) is 5.73 Å². The van der Waals surface area contributed by atoms with Crippen molar-refractivity contribution in [3.05, 3.63) is 28.3 Å². The van der Waals surface area contributed by atoms with Crippen molar-refractivity contribution < 1.29 is 4.92 Å². The number of hydrogen-bond donors (Lipinski definition) is 2. The molecule has 0 unspecified atom stereocenters. The number of nitrogens with one attached hydrogen (secondary N) is 1. The van der Waals surface area contributed by atoms with Crippen molar-refractivity contribution in [1.82, 2.24) is 4.90 Å². The number of nitro groups is 1. The van der Waals surface area contributed by atoms with Crippen LogP contribution in [0.25, 0.3) is 0 Å². The van der Waals surface area contributed by atoms with Gasteiger partial charge in [0, 0.05) is 24.7 Å². The number of unbranched alkanes of at least 4 members (excludes halogenated alkanes) is 1. The zero-order valence-electron chi connectivity index (χ0n) is 12.4. The molecule has 0 aromatic heterocycles. The fourth-order valence-corrected chi connectivity index (χ4v) is 1.79. The topological polar surface area (TPSA) is 84.4 Å². The molecular weight excluding hydrogens is 256 g/mol. The normalized spacial score (nSPS) is 11.1. The number of nitrogens with two attached hydrogens (primary N) is 1. The van der Waals surface area contributed by atoms with Crippen molar-refractivity contribution in [2.24, 2.45) is 0 Å². The fraction of sp³-hybridized carbons (Fsp3) is 0.571. The molecule has 0 radical (unpaired) electrons. The first-order valence-corrected chi connectivity index (χ1v) is 6.90. The van der Waals surface area contributed by atoms with Crippen LogP contribution in [0.5, 0.6) is 0 Å². The van der Waals surface area contributed by atoms with Gasteiger partial charge in [0.05, 0.1) is 16.3 Å². The highest BCUT2D eigenvalue weighted by molar-refractivity contribution is 5.69. The monoisotopic (exact) mass is 280 g/mol. The van der Waals surface area contributed by atoms with E-state index >= 15 is 0 Å². The summed E-state index contributed by atoms with van der Waals surface area (Å²) in [6.07, 6.45) is 2.14. The van der Waals surface area contributed by atoms with Crippen LogP contribution in [0, 0.1) is 10.1 Å². The maximum atomic E-state index is 10.6. The van der Waals surface area contributed by atoms with Crippen molar-refractivity contribution in [3.63, 3.8) is 0 Å². The van der Waals surface area contributed by atoms with Gasteiger partial charge in [0.1, 0.15) is 0 Å². The third kappa shape index (κ3) is 5.05. The van der Waals surface area contributed by atoms with Gasteiger partial charge < -0.3 is 16.0 Å². The second-order valence-electron chi connectivity index (χ2n) is 5.24. The lowest BCUT2D eigenvalue weighted by Gasteiger charge is -2.20. The Bertz CT molecular complexity index is 449. The highest BCUT2D eigenvalue weighted by Crippen LogP contribution is 2.23. The average molecular weight is 280 g/mol. The first kappa shape index (κ1) is 16.2. The maximum Gasteiger partial charge on any atom is 0.271 e. The van der Waals surface area contributed by atoms with E-state index in [0.717, 1.165) is 31.6 Å². The molecule has 0 fully saturated rings. The molecule has 0 aliphatic carbocycles. The SMILES string of the molecule is CC(C)N(C)CCCCNc1ccc([N+](=O)[O-])cc1N. The van der Waals surface area contributed by atoms with Gasteiger partial charge in [-0.25, -0.2) is 0 Å². The Hall–Kier alpha value is -1.82. The Balaban J connectivity index is 2.34. The van der Waals surface area contributed by atoms with E-state index in [0.29, 0.717) is 11.7 Å². The molecule has 20 heavy (non-hydrogen) atoms. The van der Waals surface area contributed by atoms with Gasteiger partial charge in [0.15, 0.2) is 0 Å². The smallest absolute Gasteiger partial charge is 0.271 e. The molecule has 0 saturated heterocycles. The second-order valence-corrected chi connectivity index (χ2v) is 5.24. The van der Waals surface area contributed by atoms with Gasteiger partial charge in [0.2, 0.25) is 0 Å². The van der Waals surface area contributed by atoms with Gasteiger partial charge in [-0.2, -0.15) is 0 Å². The molecule has 1 rings (SSSR count). The summed E-state index contributed by atoms with van der Waals surface area (Å²) in [4.78, 5) is 12.5. The summed E-state index contributed by atoms with van der Waals surface area (Å²) >= 11 is 0. The van der Waals surface area contributed by atoms with Crippen molar-refractivity contribution in [3.8, 4) is 0 Å². The van der Waals surface area contributed by atoms with Crippen LogP contribution < -0.4 is 11.1 Å². The lowest BCUT2D eigenvalue weighted by molar-refractivity contribution is -0.384. The van der Waals surface area contributed by atoms with Crippen molar-refractivity contribution >= 4 is 17.1 Å². The Kier molecular flexibility index (Phi) is 6.24. The first-order valence-electron chi connectivity index (χ1n) is 6.90. The Morgan fingerprint density at radius 1 is 1.40 bits per heavy atom. The first-order chi connectivity index (χ1) is 9.41. The van der Waals surface area contributed by atoms with E-state index < -0.39 is 4.92 Å². The van der Waals surface area contributed by atoms with Gasteiger partial charge in [0.25, 0.3) is 5.69 Å². The molecule has 0 heterocycles. The van der Waals surface area contributed by atoms with Crippen LogP contribution in [0.3, 0.4) is 0 Å². The summed E-state index contributed by atoms with van der Waals surface area (Å²) in [5.74, 6) is 0. The maximum absolute atomic E-state index is 10.6. The number of nitro benzene ring substituents is 1. The van der Waals surface area contributed by atoms with E-state index in [1.54, 1.807) is 6.07 Å². The summed E-state index contributed by atoms with van der Waals surface area (Å²) in [5, 5.41) is 13.8. The third-order valence-electron chi connectivity index (χ3n) is 3.38. The molecular formula is C14H24N4O2. The molecule has 1 aromatic carbocycles. The van der Waals surface area contributed by atoms with Crippen LogP contribution in [0.4, 0.5) is 17.1 Å². The summed E-state index contributed by atoms with van der Waals surface area (Å²) in [7, 11) is 2.12. The number of benzene rings is 1. The predicted molar refractivity (Wildman–Crippen MR) is 83.0 cm³/mol. The lowest BCUT2D eigenvalue weighted by Crippen LogP contribution is -2.27. The summed E-state index contributed by atoms with van der Waals surface area (Å²) in [6, 6.07) is 5.07. The average Bonchev–Trinajstić information content (AvgIpc) is 2.39. The minimum absolute atomic E-state index is 0.0200.